The van der Waals surface area contributed by atoms with Crippen LogP contribution in [0.4, 0.5) is 0 Å². The van der Waals surface area contributed by atoms with Crippen molar-refractivity contribution in [3.8, 4) is 0 Å². The Morgan fingerprint density at radius 1 is 1.28 bits per heavy atom. The predicted octanol–water partition coefficient (Wildman–Crippen LogP) is 2.95. The van der Waals surface area contributed by atoms with Crippen LogP contribution < -0.4 is 5.73 Å². The van der Waals surface area contributed by atoms with Gasteiger partial charge in [-0.2, -0.15) is 4.98 Å². The Hall–Kier alpha value is -0.900. The maximum absolute atomic E-state index is 6.32. The van der Waals surface area contributed by atoms with E-state index in [0.717, 1.165) is 11.7 Å². The van der Waals surface area contributed by atoms with Gasteiger partial charge in [-0.25, -0.2) is 0 Å². The Morgan fingerprint density at radius 3 is 2.72 bits per heavy atom. The molecule has 2 aliphatic carbocycles. The number of rotatable bonds is 3. The summed E-state index contributed by atoms with van der Waals surface area (Å²) in [4.78, 5) is 4.60. The highest BCUT2D eigenvalue weighted by molar-refractivity contribution is 5.09. The Morgan fingerprint density at radius 2 is 2.06 bits per heavy atom. The van der Waals surface area contributed by atoms with E-state index < -0.39 is 5.54 Å². The highest BCUT2D eigenvalue weighted by Crippen LogP contribution is 2.43. The van der Waals surface area contributed by atoms with E-state index in [1.165, 1.54) is 38.5 Å². The zero-order chi connectivity index (χ0) is 12.8. The molecule has 0 saturated heterocycles. The summed E-state index contributed by atoms with van der Waals surface area (Å²) < 4.78 is 5.43. The predicted molar refractivity (Wildman–Crippen MR) is 68.9 cm³/mol. The molecule has 2 N–H and O–H groups in total. The van der Waals surface area contributed by atoms with Gasteiger partial charge in [0.15, 0.2) is 5.82 Å². The van der Waals surface area contributed by atoms with Crippen molar-refractivity contribution in [2.75, 3.05) is 0 Å². The minimum absolute atomic E-state index is 0.425. The minimum Gasteiger partial charge on any atom is -0.337 e. The largest absolute Gasteiger partial charge is 0.337 e. The molecule has 4 heteroatoms. The lowest BCUT2D eigenvalue weighted by atomic mass is 9.82. The molecule has 1 heterocycles. The first-order valence-electron chi connectivity index (χ1n) is 7.20. The van der Waals surface area contributed by atoms with Crippen LogP contribution in [0.2, 0.25) is 0 Å². The summed E-state index contributed by atoms with van der Waals surface area (Å²) in [5.41, 5.74) is 5.89. The van der Waals surface area contributed by atoms with Crippen molar-refractivity contribution in [2.45, 2.75) is 63.8 Å². The molecule has 0 aromatic carbocycles. The van der Waals surface area contributed by atoms with Crippen LogP contribution in [-0.2, 0) is 5.54 Å². The number of aromatic nitrogens is 2. The standard InChI is InChI=1S/C14H23N3O/c1-9-4-3-5-10(8-9)12-16-13(18-17-12)14(2,15)11-6-7-11/h9-11H,3-8,15H2,1-2H3. The van der Waals surface area contributed by atoms with Crippen molar-refractivity contribution in [3.63, 3.8) is 0 Å². The van der Waals surface area contributed by atoms with Gasteiger partial charge in [0.1, 0.15) is 0 Å². The summed E-state index contributed by atoms with van der Waals surface area (Å²) in [6.45, 7) is 4.33. The van der Waals surface area contributed by atoms with Gasteiger partial charge in [-0.1, -0.05) is 24.9 Å². The average molecular weight is 249 g/mol. The van der Waals surface area contributed by atoms with Crippen molar-refractivity contribution in [1.82, 2.24) is 10.1 Å². The van der Waals surface area contributed by atoms with Crippen LogP contribution in [0.15, 0.2) is 4.52 Å². The van der Waals surface area contributed by atoms with Crippen LogP contribution in [-0.4, -0.2) is 10.1 Å². The van der Waals surface area contributed by atoms with Gasteiger partial charge in [0.05, 0.1) is 5.54 Å². The molecule has 0 radical (unpaired) electrons. The summed E-state index contributed by atoms with van der Waals surface area (Å²) in [5, 5.41) is 4.18. The molecule has 0 aliphatic heterocycles. The first-order valence-corrected chi connectivity index (χ1v) is 7.20. The fourth-order valence-corrected chi connectivity index (χ4v) is 3.15. The number of hydrogen-bond acceptors (Lipinski definition) is 4. The summed E-state index contributed by atoms with van der Waals surface area (Å²) in [6, 6.07) is 0. The van der Waals surface area contributed by atoms with Gasteiger partial charge in [-0.05, 0) is 44.4 Å². The number of nitrogens with two attached hydrogens (primary N) is 1. The van der Waals surface area contributed by atoms with Crippen molar-refractivity contribution in [1.29, 1.82) is 0 Å². The fraction of sp³-hybridized carbons (Fsp3) is 0.857. The van der Waals surface area contributed by atoms with Gasteiger partial charge >= 0.3 is 0 Å². The molecular weight excluding hydrogens is 226 g/mol. The highest BCUT2D eigenvalue weighted by atomic mass is 16.5. The van der Waals surface area contributed by atoms with Crippen LogP contribution >= 0.6 is 0 Å². The fourth-order valence-electron chi connectivity index (χ4n) is 3.15. The highest BCUT2D eigenvalue weighted by Gasteiger charge is 2.44. The van der Waals surface area contributed by atoms with E-state index in [9.17, 15) is 0 Å². The van der Waals surface area contributed by atoms with Crippen molar-refractivity contribution >= 4 is 0 Å². The summed E-state index contributed by atoms with van der Waals surface area (Å²) in [5.74, 6) is 3.29. The van der Waals surface area contributed by atoms with Gasteiger partial charge in [0.2, 0.25) is 5.89 Å². The second-order valence-corrected chi connectivity index (χ2v) is 6.48. The molecule has 3 unspecified atom stereocenters. The lowest BCUT2D eigenvalue weighted by Crippen LogP contribution is -2.35. The molecule has 0 spiro atoms. The smallest absolute Gasteiger partial charge is 0.246 e. The molecule has 0 bridgehead atoms. The zero-order valence-corrected chi connectivity index (χ0v) is 11.4. The quantitative estimate of drug-likeness (QED) is 0.894. The molecule has 2 saturated carbocycles. The van der Waals surface area contributed by atoms with E-state index >= 15 is 0 Å². The average Bonchev–Trinajstić information content (AvgIpc) is 3.07. The molecule has 1 aromatic heterocycles. The molecular formula is C14H23N3O. The molecule has 3 atom stereocenters. The minimum atomic E-state index is -0.425. The second-order valence-electron chi connectivity index (χ2n) is 6.48. The van der Waals surface area contributed by atoms with Crippen LogP contribution in [0, 0.1) is 11.8 Å². The van der Waals surface area contributed by atoms with Gasteiger partial charge in [-0.15, -0.1) is 0 Å². The van der Waals surface area contributed by atoms with E-state index in [-0.39, 0.29) is 0 Å². The molecule has 2 aliphatic rings. The maximum Gasteiger partial charge on any atom is 0.246 e. The van der Waals surface area contributed by atoms with Crippen LogP contribution in [0.3, 0.4) is 0 Å². The first kappa shape index (κ1) is 12.2. The molecule has 100 valence electrons. The molecule has 0 amide bonds. The normalized spacial score (nSPS) is 32.2. The number of hydrogen-bond donors (Lipinski definition) is 1. The Bertz CT molecular complexity index is 422. The third-order valence-electron chi connectivity index (χ3n) is 4.63. The zero-order valence-electron chi connectivity index (χ0n) is 11.4. The van der Waals surface area contributed by atoms with Gasteiger partial charge in [-0.3, -0.25) is 0 Å². The van der Waals surface area contributed by atoms with Gasteiger partial charge in [0.25, 0.3) is 0 Å². The van der Waals surface area contributed by atoms with E-state index in [1.54, 1.807) is 0 Å². The molecule has 3 rings (SSSR count). The summed E-state index contributed by atoms with van der Waals surface area (Å²) >= 11 is 0. The van der Waals surface area contributed by atoms with Crippen molar-refractivity contribution in [3.05, 3.63) is 11.7 Å². The van der Waals surface area contributed by atoms with Crippen LogP contribution in [0.1, 0.15) is 70.0 Å². The molecule has 2 fully saturated rings. The second kappa shape index (κ2) is 4.34. The van der Waals surface area contributed by atoms with Gasteiger partial charge in [0, 0.05) is 5.92 Å². The van der Waals surface area contributed by atoms with Crippen molar-refractivity contribution < 1.29 is 4.52 Å². The van der Waals surface area contributed by atoms with Crippen molar-refractivity contribution in [2.24, 2.45) is 17.6 Å². The molecule has 18 heavy (non-hydrogen) atoms. The number of nitrogens with zero attached hydrogens (tertiary/aromatic N) is 2. The first-order chi connectivity index (χ1) is 8.57. The molecule has 4 nitrogen and oxygen atoms in total. The molecule has 1 aromatic rings. The summed E-state index contributed by atoms with van der Waals surface area (Å²) in [7, 11) is 0. The third kappa shape index (κ3) is 2.18. The third-order valence-corrected chi connectivity index (χ3v) is 4.63. The van der Waals surface area contributed by atoms with E-state index in [4.69, 9.17) is 10.3 Å². The Labute approximate surface area is 108 Å². The van der Waals surface area contributed by atoms with Crippen LogP contribution in [0.5, 0.6) is 0 Å². The van der Waals surface area contributed by atoms with Crippen LogP contribution in [0.25, 0.3) is 0 Å². The topological polar surface area (TPSA) is 64.9 Å². The SMILES string of the molecule is CC1CCCC(c2noc(C(C)(N)C3CC3)n2)C1. The van der Waals surface area contributed by atoms with E-state index in [1.807, 2.05) is 6.92 Å². The monoisotopic (exact) mass is 249 g/mol. The Kier molecular flexibility index (Phi) is 2.93. The lowest BCUT2D eigenvalue weighted by Gasteiger charge is -2.24. The lowest BCUT2D eigenvalue weighted by molar-refractivity contribution is 0.269. The van der Waals surface area contributed by atoms with Gasteiger partial charge < -0.3 is 10.3 Å². The van der Waals surface area contributed by atoms with E-state index in [2.05, 4.69) is 17.1 Å². The van der Waals surface area contributed by atoms with E-state index in [0.29, 0.717) is 17.7 Å². The maximum atomic E-state index is 6.32. The Balaban J connectivity index is 1.76. The summed E-state index contributed by atoms with van der Waals surface area (Å²) in [6.07, 6.45) is 7.35.